The van der Waals surface area contributed by atoms with E-state index in [2.05, 4.69) is 20.9 Å². The van der Waals surface area contributed by atoms with Crippen LogP contribution in [0.2, 0.25) is 0 Å². The number of carbonyl (C=O) groups excluding carboxylic acids is 2. The van der Waals surface area contributed by atoms with Gasteiger partial charge in [-0.25, -0.2) is 9.59 Å². The van der Waals surface area contributed by atoms with Crippen LogP contribution in [-0.4, -0.2) is 112 Å². The number of rotatable bonds is 6. The summed E-state index contributed by atoms with van der Waals surface area (Å²) in [4.78, 5) is 35.3. The van der Waals surface area contributed by atoms with Gasteiger partial charge in [0.1, 0.15) is 25.3 Å². The fourth-order valence-corrected chi connectivity index (χ4v) is 5.78. The summed E-state index contributed by atoms with van der Waals surface area (Å²) in [5.41, 5.74) is 2.84. The van der Waals surface area contributed by atoms with Gasteiger partial charge in [-0.2, -0.15) is 16.8 Å². The molecule has 42 heavy (non-hydrogen) atoms. The first-order valence-electron chi connectivity index (χ1n) is 14.1. The Morgan fingerprint density at radius 1 is 0.738 bits per heavy atom. The second kappa shape index (κ2) is 12.1. The predicted molar refractivity (Wildman–Crippen MR) is 151 cm³/mol. The fraction of sp³-hybridized carbons (Fsp3) is 0.467. The monoisotopic (exact) mass is 572 g/mol. The SMILES string of the molecule is [C-]#[N+]N1CCN(c2ccc(C(=O)OC3COC4C(OC(=O)c5ccc(N6CCN(C#N)CC6)cc5)COC34)cc2)CC1. The number of nitrogens with zero attached hydrogens (tertiary/aromatic N) is 6. The first-order chi connectivity index (χ1) is 20.5. The highest BCUT2D eigenvalue weighted by atomic mass is 16.7. The molecule has 0 spiro atoms. The minimum Gasteiger partial charge on any atom is -0.453 e. The van der Waals surface area contributed by atoms with Crippen LogP contribution in [0.15, 0.2) is 48.5 Å². The van der Waals surface area contributed by atoms with E-state index in [1.165, 1.54) is 0 Å². The summed E-state index contributed by atoms with van der Waals surface area (Å²) in [6.45, 7) is 13.2. The van der Waals surface area contributed by atoms with Gasteiger partial charge in [0, 0.05) is 50.6 Å². The van der Waals surface area contributed by atoms with Gasteiger partial charge < -0.3 is 33.6 Å². The average Bonchev–Trinajstić information content (AvgIpc) is 3.64. The Morgan fingerprint density at radius 3 is 1.57 bits per heavy atom. The smallest absolute Gasteiger partial charge is 0.338 e. The van der Waals surface area contributed by atoms with Gasteiger partial charge in [-0.1, -0.05) is 0 Å². The van der Waals surface area contributed by atoms with Crippen LogP contribution in [0.5, 0.6) is 0 Å². The molecule has 4 fully saturated rings. The van der Waals surface area contributed by atoms with E-state index in [1.807, 2.05) is 24.3 Å². The number of esters is 2. The maximum atomic E-state index is 12.9. The molecule has 0 N–H and O–H groups in total. The minimum atomic E-state index is -0.604. The lowest BCUT2D eigenvalue weighted by Crippen LogP contribution is -2.44. The first-order valence-corrected chi connectivity index (χ1v) is 14.1. The zero-order valence-corrected chi connectivity index (χ0v) is 23.1. The molecule has 6 rings (SSSR count). The Balaban J connectivity index is 0.990. The van der Waals surface area contributed by atoms with Gasteiger partial charge in [-0.3, -0.25) is 0 Å². The Hall–Kier alpha value is -4.52. The number of fused-ring (bicyclic) bond motifs is 1. The molecule has 0 saturated carbocycles. The molecule has 0 radical (unpaired) electrons. The molecular formula is C30H32N6O6. The Morgan fingerprint density at radius 2 is 1.17 bits per heavy atom. The Kier molecular flexibility index (Phi) is 8.00. The highest BCUT2D eigenvalue weighted by Gasteiger charge is 2.51. The van der Waals surface area contributed by atoms with E-state index in [0.717, 1.165) is 37.6 Å². The lowest BCUT2D eigenvalue weighted by molar-refractivity contribution is -0.0287. The van der Waals surface area contributed by atoms with E-state index in [9.17, 15) is 9.59 Å². The molecule has 2 aromatic carbocycles. The van der Waals surface area contributed by atoms with Crippen molar-refractivity contribution in [3.63, 3.8) is 0 Å². The summed E-state index contributed by atoms with van der Waals surface area (Å²) >= 11 is 0. The fourth-order valence-electron chi connectivity index (χ4n) is 5.78. The van der Waals surface area contributed by atoms with E-state index in [4.69, 9.17) is 30.8 Å². The topological polar surface area (TPSA) is 112 Å². The number of hydrogen-bond donors (Lipinski definition) is 0. The molecule has 0 aromatic heterocycles. The number of piperazine rings is 2. The van der Waals surface area contributed by atoms with E-state index < -0.39 is 36.4 Å². The van der Waals surface area contributed by atoms with Crippen molar-refractivity contribution in [1.82, 2.24) is 9.91 Å². The molecule has 4 unspecified atom stereocenters. The lowest BCUT2D eigenvalue weighted by Gasteiger charge is -2.33. The second-order valence-electron chi connectivity index (χ2n) is 10.7. The predicted octanol–water partition coefficient (Wildman–Crippen LogP) is 1.79. The second-order valence-corrected chi connectivity index (χ2v) is 10.7. The molecule has 2 aromatic rings. The van der Waals surface area contributed by atoms with E-state index in [-0.39, 0.29) is 13.2 Å². The number of carbonyl (C=O) groups is 2. The summed E-state index contributed by atoms with van der Waals surface area (Å²) in [5, 5.41) is 10.8. The maximum Gasteiger partial charge on any atom is 0.338 e. The van der Waals surface area contributed by atoms with Gasteiger partial charge in [0.15, 0.2) is 18.4 Å². The van der Waals surface area contributed by atoms with Crippen molar-refractivity contribution in [3.8, 4) is 6.19 Å². The molecule has 0 bridgehead atoms. The quantitative estimate of drug-likeness (QED) is 0.287. The van der Waals surface area contributed by atoms with E-state index >= 15 is 0 Å². The third-order valence-electron chi connectivity index (χ3n) is 8.23. The summed E-state index contributed by atoms with van der Waals surface area (Å²) < 4.78 is 23.2. The third kappa shape index (κ3) is 5.77. The number of nitriles is 1. The van der Waals surface area contributed by atoms with Crippen molar-refractivity contribution >= 4 is 23.3 Å². The van der Waals surface area contributed by atoms with Gasteiger partial charge >= 0.3 is 11.9 Å². The van der Waals surface area contributed by atoms with Crippen LogP contribution in [0.4, 0.5) is 11.4 Å². The van der Waals surface area contributed by atoms with Crippen LogP contribution >= 0.6 is 0 Å². The number of hydrogen-bond acceptors (Lipinski definition) is 11. The van der Waals surface area contributed by atoms with Gasteiger partial charge in [-0.15, -0.1) is 5.01 Å². The van der Waals surface area contributed by atoms with Crippen molar-refractivity contribution in [2.45, 2.75) is 24.4 Å². The van der Waals surface area contributed by atoms with Crippen LogP contribution in [0.3, 0.4) is 0 Å². The highest BCUT2D eigenvalue weighted by molar-refractivity contribution is 5.90. The van der Waals surface area contributed by atoms with Crippen molar-refractivity contribution in [2.24, 2.45) is 0 Å². The van der Waals surface area contributed by atoms with Crippen molar-refractivity contribution < 1.29 is 28.5 Å². The summed E-state index contributed by atoms with van der Waals surface area (Å²) in [5.74, 6) is -0.934. The van der Waals surface area contributed by atoms with Crippen LogP contribution in [-0.2, 0) is 18.9 Å². The normalized spacial score (nSPS) is 25.4. The Bertz CT molecular complexity index is 1250. The maximum absolute atomic E-state index is 12.9. The molecular weight excluding hydrogens is 540 g/mol. The standard InChI is InChI=1S/C30H32N6O6/c1-32-36-16-14-35(15-17-36)24-8-4-22(5-9-24)30(38)42-26-19-40-27-25(18-39-28(26)27)41-29(37)21-2-6-23(7-3-21)34-12-10-33(20-31)11-13-34/h2-9,25-28H,10-19H2. The molecule has 12 nitrogen and oxygen atoms in total. The van der Waals surface area contributed by atoms with Crippen molar-refractivity contribution in [2.75, 3.05) is 75.4 Å². The highest BCUT2D eigenvalue weighted by Crippen LogP contribution is 2.32. The molecule has 12 heteroatoms. The van der Waals surface area contributed by atoms with E-state index in [0.29, 0.717) is 37.3 Å². The summed E-state index contributed by atoms with van der Waals surface area (Å²) in [7, 11) is 0. The third-order valence-corrected chi connectivity index (χ3v) is 8.23. The largest absolute Gasteiger partial charge is 0.453 e. The number of ether oxygens (including phenoxy) is 4. The van der Waals surface area contributed by atoms with Crippen molar-refractivity contribution in [3.05, 3.63) is 71.2 Å². The van der Waals surface area contributed by atoms with Crippen LogP contribution in [0, 0.1) is 18.0 Å². The minimum absolute atomic E-state index is 0.159. The number of benzene rings is 2. The van der Waals surface area contributed by atoms with Gasteiger partial charge in [0.25, 0.3) is 0 Å². The molecule has 4 aliphatic rings. The van der Waals surface area contributed by atoms with Crippen molar-refractivity contribution in [1.29, 1.82) is 5.26 Å². The molecule has 4 atom stereocenters. The molecule has 4 heterocycles. The zero-order valence-electron chi connectivity index (χ0n) is 23.1. The van der Waals surface area contributed by atoms with Crippen LogP contribution in [0.25, 0.3) is 4.95 Å². The zero-order chi connectivity index (χ0) is 29.1. The molecule has 4 aliphatic heterocycles. The molecule has 0 aliphatic carbocycles. The van der Waals surface area contributed by atoms with Gasteiger partial charge in [-0.05, 0) is 48.5 Å². The molecule has 4 saturated heterocycles. The van der Waals surface area contributed by atoms with Gasteiger partial charge in [0.2, 0.25) is 0 Å². The lowest BCUT2D eigenvalue weighted by atomic mass is 10.1. The molecule has 218 valence electrons. The number of anilines is 2. The first kappa shape index (κ1) is 27.6. The van der Waals surface area contributed by atoms with Crippen LogP contribution in [0.1, 0.15) is 20.7 Å². The Labute approximate surface area is 244 Å². The summed E-state index contributed by atoms with van der Waals surface area (Å²) in [6.07, 6.45) is -0.0614. The molecule has 0 amide bonds. The average molecular weight is 573 g/mol. The summed E-state index contributed by atoms with van der Waals surface area (Å²) in [6, 6.07) is 14.5. The van der Waals surface area contributed by atoms with E-state index in [1.54, 1.807) is 34.2 Å². The van der Waals surface area contributed by atoms with Crippen LogP contribution < -0.4 is 9.80 Å². The van der Waals surface area contributed by atoms with Gasteiger partial charge in [0.05, 0.1) is 24.3 Å².